The summed E-state index contributed by atoms with van der Waals surface area (Å²) in [5.74, 6) is -0.846. The lowest BCUT2D eigenvalue weighted by Crippen LogP contribution is -2.35. The van der Waals surface area contributed by atoms with Gasteiger partial charge in [0.1, 0.15) is 16.8 Å². The Balaban J connectivity index is 2.08. The number of ether oxygens (including phenoxy) is 2. The number of carbonyl (C=O) groups excluding carboxylic acids is 2. The molecule has 0 spiro atoms. The molecule has 0 bridgehead atoms. The van der Waals surface area contributed by atoms with Gasteiger partial charge in [0.25, 0.3) is 11.5 Å². The Morgan fingerprint density at radius 3 is 2.77 bits per heavy atom. The lowest BCUT2D eigenvalue weighted by atomic mass is 10.2. The first kappa shape index (κ1) is 22.2. The highest BCUT2D eigenvalue weighted by molar-refractivity contribution is 5.96. The lowest BCUT2D eigenvalue weighted by molar-refractivity contribution is -0.141. The molecule has 3 aromatic rings. The van der Waals surface area contributed by atoms with E-state index >= 15 is 0 Å². The van der Waals surface area contributed by atoms with Crippen molar-refractivity contribution < 1.29 is 19.1 Å². The summed E-state index contributed by atoms with van der Waals surface area (Å²) < 4.78 is 12.9. The van der Waals surface area contributed by atoms with E-state index in [4.69, 9.17) is 14.9 Å². The van der Waals surface area contributed by atoms with Crippen LogP contribution in [-0.2, 0) is 20.8 Å². The molecule has 0 aliphatic heterocycles. The molecule has 164 valence electrons. The Hall–Kier alpha value is -3.53. The fraction of sp³-hybridized carbons (Fsp3) is 0.381. The molecule has 31 heavy (non-hydrogen) atoms. The van der Waals surface area contributed by atoms with Gasteiger partial charge in [0.15, 0.2) is 0 Å². The van der Waals surface area contributed by atoms with E-state index in [2.05, 4.69) is 10.3 Å². The van der Waals surface area contributed by atoms with E-state index in [9.17, 15) is 14.4 Å². The number of esters is 1. The third-order valence-electron chi connectivity index (χ3n) is 4.71. The highest BCUT2D eigenvalue weighted by Crippen LogP contribution is 2.11. The fourth-order valence-corrected chi connectivity index (χ4v) is 3.23. The first-order chi connectivity index (χ1) is 14.9. The molecule has 1 amide bonds. The van der Waals surface area contributed by atoms with Crippen molar-refractivity contribution in [3.05, 3.63) is 51.9 Å². The van der Waals surface area contributed by atoms with Crippen LogP contribution in [0.1, 0.15) is 30.1 Å². The number of fused-ring (bicyclic) bond motifs is 2. The van der Waals surface area contributed by atoms with Crippen LogP contribution >= 0.6 is 0 Å². The predicted octanol–water partition coefficient (Wildman–Crippen LogP) is 0.848. The normalized spacial score (nSPS) is 11.0. The number of aromatic nitrogens is 3. The van der Waals surface area contributed by atoms with Gasteiger partial charge < -0.3 is 19.4 Å². The third-order valence-corrected chi connectivity index (χ3v) is 4.71. The zero-order valence-electron chi connectivity index (χ0n) is 17.5. The van der Waals surface area contributed by atoms with E-state index < -0.39 is 11.9 Å². The van der Waals surface area contributed by atoms with E-state index in [1.165, 1.54) is 22.0 Å². The van der Waals surface area contributed by atoms with Gasteiger partial charge in [0.05, 0.1) is 17.6 Å². The van der Waals surface area contributed by atoms with Crippen LogP contribution in [0.25, 0.3) is 16.7 Å². The quantitative estimate of drug-likeness (QED) is 0.296. The summed E-state index contributed by atoms with van der Waals surface area (Å²) in [5.41, 5.74) is 0.423. The predicted molar refractivity (Wildman–Crippen MR) is 113 cm³/mol. The summed E-state index contributed by atoms with van der Waals surface area (Å²) in [4.78, 5) is 41.4. The van der Waals surface area contributed by atoms with Crippen LogP contribution in [0.15, 0.2) is 35.3 Å². The van der Waals surface area contributed by atoms with Crippen molar-refractivity contribution >= 4 is 28.6 Å². The number of hydrogen-bond donors (Lipinski definition) is 2. The molecule has 2 N–H and O–H groups in total. The summed E-state index contributed by atoms with van der Waals surface area (Å²) in [6.45, 7) is 2.61. The summed E-state index contributed by atoms with van der Waals surface area (Å²) >= 11 is 0. The van der Waals surface area contributed by atoms with Crippen LogP contribution in [-0.4, -0.2) is 52.7 Å². The fourth-order valence-electron chi connectivity index (χ4n) is 3.23. The molecule has 0 saturated carbocycles. The second kappa shape index (κ2) is 9.98. The SMILES string of the molecule is COCCCNC(=O)c1cc2c(=O)n3ccccc3nc2n(CCCOC(C)=O)c1=N. The number of rotatable bonds is 9. The number of nitrogens with zero attached hydrogens (tertiary/aromatic N) is 3. The third kappa shape index (κ3) is 4.97. The summed E-state index contributed by atoms with van der Waals surface area (Å²) in [6.07, 6.45) is 2.63. The van der Waals surface area contributed by atoms with Gasteiger partial charge in [-0.25, -0.2) is 4.98 Å². The van der Waals surface area contributed by atoms with Gasteiger partial charge in [-0.1, -0.05) is 6.07 Å². The molecule has 10 heteroatoms. The van der Waals surface area contributed by atoms with Crippen LogP contribution in [0.5, 0.6) is 0 Å². The van der Waals surface area contributed by atoms with Gasteiger partial charge in [0.2, 0.25) is 0 Å². The molecular weight excluding hydrogens is 402 g/mol. The largest absolute Gasteiger partial charge is 0.466 e. The van der Waals surface area contributed by atoms with Gasteiger partial charge in [-0.2, -0.15) is 0 Å². The molecule has 3 aromatic heterocycles. The molecule has 0 fully saturated rings. The van der Waals surface area contributed by atoms with Crippen LogP contribution in [0.2, 0.25) is 0 Å². The number of nitrogens with one attached hydrogen (secondary N) is 2. The minimum atomic E-state index is -0.450. The summed E-state index contributed by atoms with van der Waals surface area (Å²) in [6, 6.07) is 6.60. The second-order valence-electron chi connectivity index (χ2n) is 6.94. The topological polar surface area (TPSA) is 128 Å². The minimum absolute atomic E-state index is 0.0632. The van der Waals surface area contributed by atoms with Crippen LogP contribution in [0, 0.1) is 5.41 Å². The Morgan fingerprint density at radius 1 is 1.23 bits per heavy atom. The van der Waals surface area contributed by atoms with Crippen molar-refractivity contribution in [2.24, 2.45) is 0 Å². The average molecular weight is 427 g/mol. The van der Waals surface area contributed by atoms with Crippen LogP contribution in [0.3, 0.4) is 0 Å². The molecule has 0 saturated heterocycles. The molecule has 0 unspecified atom stereocenters. The number of carbonyl (C=O) groups is 2. The number of aryl methyl sites for hydroxylation is 1. The summed E-state index contributed by atoms with van der Waals surface area (Å²) in [7, 11) is 1.58. The smallest absolute Gasteiger partial charge is 0.302 e. The maximum atomic E-state index is 13.1. The van der Waals surface area contributed by atoms with E-state index in [-0.39, 0.29) is 35.1 Å². The van der Waals surface area contributed by atoms with E-state index in [1.807, 2.05) is 0 Å². The Morgan fingerprint density at radius 2 is 2.03 bits per heavy atom. The first-order valence-corrected chi connectivity index (χ1v) is 9.94. The zero-order chi connectivity index (χ0) is 22.4. The van der Waals surface area contributed by atoms with Crippen molar-refractivity contribution in [1.29, 1.82) is 5.41 Å². The van der Waals surface area contributed by atoms with Gasteiger partial charge in [-0.05, 0) is 31.0 Å². The molecule has 3 heterocycles. The molecule has 10 nitrogen and oxygen atoms in total. The van der Waals surface area contributed by atoms with Gasteiger partial charge in [-0.15, -0.1) is 0 Å². The van der Waals surface area contributed by atoms with E-state index in [1.54, 1.807) is 31.5 Å². The molecule has 0 radical (unpaired) electrons. The number of methoxy groups -OCH3 is 1. The Kier molecular flexibility index (Phi) is 7.14. The number of pyridine rings is 2. The van der Waals surface area contributed by atoms with Crippen molar-refractivity contribution in [2.45, 2.75) is 26.3 Å². The Bertz CT molecular complexity index is 1230. The van der Waals surface area contributed by atoms with Gasteiger partial charge in [0, 0.05) is 39.9 Å². The number of amides is 1. The van der Waals surface area contributed by atoms with Crippen LogP contribution in [0.4, 0.5) is 0 Å². The van der Waals surface area contributed by atoms with Crippen molar-refractivity contribution in [2.75, 3.05) is 26.9 Å². The second-order valence-corrected chi connectivity index (χ2v) is 6.94. The minimum Gasteiger partial charge on any atom is -0.466 e. The number of hydrogen-bond acceptors (Lipinski definition) is 7. The molecule has 0 aliphatic carbocycles. The first-order valence-electron chi connectivity index (χ1n) is 9.94. The zero-order valence-corrected chi connectivity index (χ0v) is 17.5. The highest BCUT2D eigenvalue weighted by atomic mass is 16.5. The van der Waals surface area contributed by atoms with Gasteiger partial charge in [-0.3, -0.25) is 24.2 Å². The van der Waals surface area contributed by atoms with Crippen LogP contribution < -0.4 is 16.4 Å². The molecule has 3 rings (SSSR count). The maximum Gasteiger partial charge on any atom is 0.302 e. The van der Waals surface area contributed by atoms with E-state index in [0.717, 1.165) is 0 Å². The van der Waals surface area contributed by atoms with E-state index in [0.29, 0.717) is 37.3 Å². The van der Waals surface area contributed by atoms with Crippen molar-refractivity contribution in [3.63, 3.8) is 0 Å². The highest BCUT2D eigenvalue weighted by Gasteiger charge is 2.17. The monoisotopic (exact) mass is 427 g/mol. The molecule has 0 atom stereocenters. The maximum absolute atomic E-state index is 13.1. The lowest BCUT2D eigenvalue weighted by Gasteiger charge is -2.15. The average Bonchev–Trinajstić information content (AvgIpc) is 2.75. The molecule has 0 aromatic carbocycles. The summed E-state index contributed by atoms with van der Waals surface area (Å²) in [5, 5.41) is 11.6. The standard InChI is InChI=1S/C21H25N5O5/c1-14(27)31-12-6-10-26-18(22)15(20(28)23-8-5-11-30-2)13-16-19(26)24-17-7-3-4-9-25(17)21(16)29/h3-4,7,9,13,22H,5-6,8,10-12H2,1-2H3,(H,23,28). The molecular formula is C21H25N5O5. The molecule has 0 aliphatic rings. The Labute approximate surface area is 177 Å². The van der Waals surface area contributed by atoms with Gasteiger partial charge >= 0.3 is 5.97 Å². The van der Waals surface area contributed by atoms with Crippen molar-refractivity contribution in [3.8, 4) is 0 Å². The van der Waals surface area contributed by atoms with Crippen molar-refractivity contribution in [1.82, 2.24) is 19.3 Å².